The summed E-state index contributed by atoms with van der Waals surface area (Å²) in [6.07, 6.45) is 7.28. The van der Waals surface area contributed by atoms with Crippen molar-refractivity contribution in [3.8, 4) is 0 Å². The molecule has 2 N–H and O–H groups in total. The van der Waals surface area contributed by atoms with Crippen LogP contribution in [0.5, 0.6) is 0 Å². The maximum absolute atomic E-state index is 5.97. The molecule has 3 heterocycles. The molecular weight excluding hydrogens is 238 g/mol. The number of nitrogens with two attached hydrogens (primary N) is 1. The topological polar surface area (TPSA) is 58.3 Å². The molecule has 2 aliphatic rings. The lowest BCUT2D eigenvalue weighted by Gasteiger charge is -2.34. The molecule has 0 saturated carbocycles. The van der Waals surface area contributed by atoms with Crippen LogP contribution in [-0.4, -0.2) is 53.1 Å². The zero-order valence-electron chi connectivity index (χ0n) is 11.6. The highest BCUT2D eigenvalue weighted by molar-refractivity contribution is 5.32. The van der Waals surface area contributed by atoms with E-state index in [2.05, 4.69) is 19.8 Å². The Morgan fingerprint density at radius 2 is 1.79 bits per heavy atom. The molecule has 3 rings (SSSR count). The average molecular weight is 261 g/mol. The Labute approximate surface area is 114 Å². The normalized spacial score (nSPS) is 26.0. The van der Waals surface area contributed by atoms with Crippen molar-refractivity contribution in [2.75, 3.05) is 31.1 Å². The standard InChI is InChI=1S/C14H23N5/c1-11-8-16-14(17-9-11)19-7-4-13(10-19)18-5-2-12(15)3-6-18/h8-9,12-13H,2-7,10,15H2,1H3. The van der Waals surface area contributed by atoms with Crippen LogP contribution in [0, 0.1) is 6.92 Å². The predicted molar refractivity (Wildman–Crippen MR) is 76.2 cm³/mol. The van der Waals surface area contributed by atoms with Crippen LogP contribution in [0.2, 0.25) is 0 Å². The van der Waals surface area contributed by atoms with Gasteiger partial charge in [-0.3, -0.25) is 4.90 Å². The smallest absolute Gasteiger partial charge is 0.225 e. The predicted octanol–water partition coefficient (Wildman–Crippen LogP) is 0.787. The summed E-state index contributed by atoms with van der Waals surface area (Å²) < 4.78 is 0. The van der Waals surface area contributed by atoms with E-state index in [1.54, 1.807) is 0 Å². The van der Waals surface area contributed by atoms with Crippen molar-refractivity contribution >= 4 is 5.95 Å². The summed E-state index contributed by atoms with van der Waals surface area (Å²) in [5.41, 5.74) is 7.09. The Morgan fingerprint density at radius 3 is 2.47 bits per heavy atom. The van der Waals surface area contributed by atoms with Gasteiger partial charge in [0.15, 0.2) is 0 Å². The molecule has 104 valence electrons. The van der Waals surface area contributed by atoms with Crippen LogP contribution in [0.15, 0.2) is 12.4 Å². The van der Waals surface area contributed by atoms with Crippen LogP contribution in [0.4, 0.5) is 5.95 Å². The molecule has 2 aliphatic heterocycles. The number of likely N-dealkylation sites (tertiary alicyclic amines) is 1. The quantitative estimate of drug-likeness (QED) is 0.853. The van der Waals surface area contributed by atoms with E-state index in [1.165, 1.54) is 6.42 Å². The van der Waals surface area contributed by atoms with Gasteiger partial charge >= 0.3 is 0 Å². The molecule has 5 nitrogen and oxygen atoms in total. The van der Waals surface area contributed by atoms with Crippen molar-refractivity contribution in [2.45, 2.75) is 38.3 Å². The van der Waals surface area contributed by atoms with Crippen LogP contribution in [0.1, 0.15) is 24.8 Å². The number of aromatic nitrogens is 2. The maximum Gasteiger partial charge on any atom is 0.225 e. The third-order valence-corrected chi connectivity index (χ3v) is 4.30. The molecule has 19 heavy (non-hydrogen) atoms. The van der Waals surface area contributed by atoms with E-state index >= 15 is 0 Å². The number of hydrogen-bond donors (Lipinski definition) is 1. The highest BCUT2D eigenvalue weighted by Gasteiger charge is 2.30. The second kappa shape index (κ2) is 5.43. The third kappa shape index (κ3) is 2.87. The molecular formula is C14H23N5. The average Bonchev–Trinajstić information content (AvgIpc) is 2.90. The summed E-state index contributed by atoms with van der Waals surface area (Å²) in [5.74, 6) is 0.877. The van der Waals surface area contributed by atoms with Crippen molar-refractivity contribution in [3.05, 3.63) is 18.0 Å². The first-order valence-electron chi connectivity index (χ1n) is 7.25. The molecule has 1 aromatic heterocycles. The molecule has 0 radical (unpaired) electrons. The van der Waals surface area contributed by atoms with Gasteiger partial charge in [-0.1, -0.05) is 0 Å². The minimum atomic E-state index is 0.411. The van der Waals surface area contributed by atoms with Gasteiger partial charge in [-0.2, -0.15) is 0 Å². The number of hydrogen-bond acceptors (Lipinski definition) is 5. The molecule has 1 unspecified atom stereocenters. The zero-order valence-corrected chi connectivity index (χ0v) is 11.6. The molecule has 2 fully saturated rings. The summed E-state index contributed by atoms with van der Waals surface area (Å²) in [7, 11) is 0. The van der Waals surface area contributed by atoms with Gasteiger partial charge in [-0.25, -0.2) is 9.97 Å². The maximum atomic E-state index is 5.97. The van der Waals surface area contributed by atoms with Crippen LogP contribution in [0.25, 0.3) is 0 Å². The van der Waals surface area contributed by atoms with Crippen LogP contribution >= 0.6 is 0 Å². The van der Waals surface area contributed by atoms with Crippen LogP contribution < -0.4 is 10.6 Å². The van der Waals surface area contributed by atoms with Gasteiger partial charge in [0.25, 0.3) is 0 Å². The highest BCUT2D eigenvalue weighted by atomic mass is 15.3. The van der Waals surface area contributed by atoms with Gasteiger partial charge in [0, 0.05) is 37.6 Å². The van der Waals surface area contributed by atoms with Crippen molar-refractivity contribution in [1.29, 1.82) is 0 Å². The number of rotatable bonds is 2. The van der Waals surface area contributed by atoms with E-state index < -0.39 is 0 Å². The number of piperidine rings is 1. The molecule has 1 atom stereocenters. The van der Waals surface area contributed by atoms with Gasteiger partial charge in [0.2, 0.25) is 5.95 Å². The first kappa shape index (κ1) is 12.8. The zero-order chi connectivity index (χ0) is 13.2. The number of nitrogens with zero attached hydrogens (tertiary/aromatic N) is 4. The Bertz CT molecular complexity index is 410. The SMILES string of the molecule is Cc1cnc(N2CCC(N3CCC(N)CC3)C2)nc1. The van der Waals surface area contributed by atoms with E-state index in [1.807, 2.05) is 19.3 Å². The van der Waals surface area contributed by atoms with Gasteiger partial charge in [-0.15, -0.1) is 0 Å². The fourth-order valence-electron chi connectivity index (χ4n) is 3.06. The Kier molecular flexibility index (Phi) is 3.66. The van der Waals surface area contributed by atoms with Crippen molar-refractivity contribution < 1.29 is 0 Å². The largest absolute Gasteiger partial charge is 0.339 e. The molecule has 0 spiro atoms. The molecule has 0 bridgehead atoms. The Morgan fingerprint density at radius 1 is 1.11 bits per heavy atom. The van der Waals surface area contributed by atoms with Gasteiger partial charge in [-0.05, 0) is 44.8 Å². The summed E-state index contributed by atoms with van der Waals surface area (Å²) in [6.45, 7) is 6.44. The van der Waals surface area contributed by atoms with E-state index in [4.69, 9.17) is 5.73 Å². The van der Waals surface area contributed by atoms with E-state index in [0.717, 1.165) is 50.5 Å². The van der Waals surface area contributed by atoms with Crippen molar-refractivity contribution in [2.24, 2.45) is 5.73 Å². The summed E-state index contributed by atoms with van der Waals surface area (Å²) >= 11 is 0. The highest BCUT2D eigenvalue weighted by Crippen LogP contribution is 2.22. The summed E-state index contributed by atoms with van der Waals surface area (Å²) in [4.78, 5) is 13.8. The molecule has 5 heteroatoms. The van der Waals surface area contributed by atoms with E-state index in [9.17, 15) is 0 Å². The number of anilines is 1. The molecule has 0 amide bonds. The van der Waals surface area contributed by atoms with Crippen LogP contribution in [0.3, 0.4) is 0 Å². The molecule has 0 aromatic carbocycles. The molecule has 1 aromatic rings. The first-order valence-corrected chi connectivity index (χ1v) is 7.25. The lowest BCUT2D eigenvalue weighted by molar-refractivity contribution is 0.163. The molecule has 0 aliphatic carbocycles. The minimum absolute atomic E-state index is 0.411. The van der Waals surface area contributed by atoms with Crippen molar-refractivity contribution in [1.82, 2.24) is 14.9 Å². The third-order valence-electron chi connectivity index (χ3n) is 4.30. The fourth-order valence-corrected chi connectivity index (χ4v) is 3.06. The molecule has 2 saturated heterocycles. The van der Waals surface area contributed by atoms with E-state index in [-0.39, 0.29) is 0 Å². The Hall–Kier alpha value is -1.20. The monoisotopic (exact) mass is 261 g/mol. The second-order valence-corrected chi connectivity index (χ2v) is 5.82. The lowest BCUT2D eigenvalue weighted by atomic mass is 10.0. The van der Waals surface area contributed by atoms with Gasteiger partial charge in [0.05, 0.1) is 0 Å². The minimum Gasteiger partial charge on any atom is -0.339 e. The van der Waals surface area contributed by atoms with Crippen molar-refractivity contribution in [3.63, 3.8) is 0 Å². The van der Waals surface area contributed by atoms with Gasteiger partial charge < -0.3 is 10.6 Å². The Balaban J connectivity index is 1.59. The number of aryl methyl sites for hydroxylation is 1. The lowest BCUT2D eigenvalue weighted by Crippen LogP contribution is -2.46. The fraction of sp³-hybridized carbons (Fsp3) is 0.714. The first-order chi connectivity index (χ1) is 9.22. The van der Waals surface area contributed by atoms with Crippen LogP contribution in [-0.2, 0) is 0 Å². The van der Waals surface area contributed by atoms with E-state index in [0.29, 0.717) is 12.1 Å². The van der Waals surface area contributed by atoms with Gasteiger partial charge in [0.1, 0.15) is 0 Å². The second-order valence-electron chi connectivity index (χ2n) is 5.82. The summed E-state index contributed by atoms with van der Waals surface area (Å²) in [5, 5.41) is 0. The summed E-state index contributed by atoms with van der Waals surface area (Å²) in [6, 6.07) is 1.06.